The molecule has 1 aliphatic heterocycles. The second kappa shape index (κ2) is 6.95. The van der Waals surface area contributed by atoms with Crippen LogP contribution >= 0.6 is 0 Å². The number of rotatable bonds is 3. The molecule has 1 aliphatic rings. The summed E-state index contributed by atoms with van der Waals surface area (Å²) in [5.41, 5.74) is -0.324. The first kappa shape index (κ1) is 17.2. The van der Waals surface area contributed by atoms with Gasteiger partial charge in [-0.05, 0) is 26.8 Å². The number of amides is 2. The van der Waals surface area contributed by atoms with Crippen molar-refractivity contribution in [2.24, 2.45) is 0 Å². The molecule has 0 atom stereocenters. The van der Waals surface area contributed by atoms with Crippen molar-refractivity contribution in [2.45, 2.75) is 32.9 Å². The Labute approximate surface area is 135 Å². The quantitative estimate of drug-likeness (QED) is 0.864. The zero-order valence-corrected chi connectivity index (χ0v) is 13.8. The lowest BCUT2D eigenvalue weighted by Crippen LogP contribution is -2.43. The second-order valence-electron chi connectivity index (χ2n) is 6.58. The number of aromatic nitrogens is 1. The van der Waals surface area contributed by atoms with Crippen LogP contribution in [0.1, 0.15) is 31.1 Å². The first-order chi connectivity index (χ1) is 10.8. The number of nitrogens with zero attached hydrogens (tertiary/aromatic N) is 2. The van der Waals surface area contributed by atoms with Crippen LogP contribution in [0.4, 0.5) is 0 Å². The molecule has 1 saturated heterocycles. The van der Waals surface area contributed by atoms with Crippen LogP contribution in [0, 0.1) is 0 Å². The van der Waals surface area contributed by atoms with Gasteiger partial charge in [-0.3, -0.25) is 14.4 Å². The van der Waals surface area contributed by atoms with Gasteiger partial charge in [0.2, 0.25) is 5.91 Å². The third-order valence-corrected chi connectivity index (χ3v) is 3.40. The van der Waals surface area contributed by atoms with Crippen molar-refractivity contribution in [2.75, 3.05) is 26.3 Å². The summed E-state index contributed by atoms with van der Waals surface area (Å²) in [6.45, 7) is 7.63. The lowest BCUT2D eigenvalue weighted by Gasteiger charge is -2.27. The van der Waals surface area contributed by atoms with E-state index in [2.05, 4.69) is 5.32 Å². The lowest BCUT2D eigenvalue weighted by molar-refractivity contribution is -0.135. The SMILES string of the molecule is CC(C)(C)NC(=O)c1ccc(=O)n(CC(=O)N2CCOCC2)c1. The van der Waals surface area contributed by atoms with E-state index < -0.39 is 0 Å². The normalized spacial score (nSPS) is 15.3. The minimum absolute atomic E-state index is 0.0739. The van der Waals surface area contributed by atoms with E-state index in [0.717, 1.165) is 0 Å². The predicted molar refractivity (Wildman–Crippen MR) is 85.3 cm³/mol. The van der Waals surface area contributed by atoms with E-state index in [9.17, 15) is 14.4 Å². The highest BCUT2D eigenvalue weighted by molar-refractivity contribution is 5.94. The standard InChI is InChI=1S/C16H23N3O4/c1-16(2,3)17-15(22)12-4-5-13(20)19(10-12)11-14(21)18-6-8-23-9-7-18/h4-5,10H,6-9,11H2,1-3H3,(H,17,22). The van der Waals surface area contributed by atoms with Gasteiger partial charge in [0, 0.05) is 30.9 Å². The number of hydrogen-bond donors (Lipinski definition) is 1. The summed E-state index contributed by atoms with van der Waals surface area (Å²) in [4.78, 5) is 38.0. The van der Waals surface area contributed by atoms with E-state index in [1.165, 1.54) is 22.9 Å². The molecule has 1 fully saturated rings. The van der Waals surface area contributed by atoms with Crippen molar-refractivity contribution in [1.82, 2.24) is 14.8 Å². The number of carbonyl (C=O) groups is 2. The molecule has 7 nitrogen and oxygen atoms in total. The average Bonchev–Trinajstić information content (AvgIpc) is 2.48. The first-order valence-electron chi connectivity index (χ1n) is 7.65. The molecule has 126 valence electrons. The van der Waals surface area contributed by atoms with Crippen LogP contribution in [0.25, 0.3) is 0 Å². The van der Waals surface area contributed by atoms with Gasteiger partial charge in [-0.1, -0.05) is 0 Å². The van der Waals surface area contributed by atoms with Gasteiger partial charge in [0.15, 0.2) is 0 Å². The van der Waals surface area contributed by atoms with Crippen molar-refractivity contribution in [3.05, 3.63) is 34.2 Å². The first-order valence-corrected chi connectivity index (χ1v) is 7.65. The Hall–Kier alpha value is -2.15. The Balaban J connectivity index is 2.12. The van der Waals surface area contributed by atoms with Crippen LogP contribution in [-0.4, -0.2) is 53.1 Å². The summed E-state index contributed by atoms with van der Waals surface area (Å²) in [6.07, 6.45) is 1.43. The molecular formula is C16H23N3O4. The second-order valence-corrected chi connectivity index (χ2v) is 6.58. The molecule has 7 heteroatoms. The fourth-order valence-corrected chi connectivity index (χ4v) is 2.26. The fourth-order valence-electron chi connectivity index (χ4n) is 2.26. The number of pyridine rings is 1. The third-order valence-electron chi connectivity index (χ3n) is 3.40. The van der Waals surface area contributed by atoms with Crippen LogP contribution in [0.3, 0.4) is 0 Å². The van der Waals surface area contributed by atoms with Crippen molar-refractivity contribution in [3.63, 3.8) is 0 Å². The van der Waals surface area contributed by atoms with Gasteiger partial charge in [0.05, 0.1) is 18.8 Å². The number of hydrogen-bond acceptors (Lipinski definition) is 4. The van der Waals surface area contributed by atoms with Gasteiger partial charge in [0.1, 0.15) is 6.54 Å². The van der Waals surface area contributed by atoms with Crippen LogP contribution < -0.4 is 10.9 Å². The van der Waals surface area contributed by atoms with Crippen LogP contribution in [0.5, 0.6) is 0 Å². The number of morpholine rings is 1. The zero-order valence-electron chi connectivity index (χ0n) is 13.8. The summed E-state index contributed by atoms with van der Waals surface area (Å²) in [5.74, 6) is -0.422. The fraction of sp³-hybridized carbons (Fsp3) is 0.562. The molecule has 2 heterocycles. The van der Waals surface area contributed by atoms with Gasteiger partial charge in [-0.2, -0.15) is 0 Å². The Morgan fingerprint density at radius 3 is 2.48 bits per heavy atom. The maximum absolute atomic E-state index is 12.2. The molecule has 0 aromatic carbocycles. The Bertz CT molecular complexity index is 639. The third kappa shape index (κ3) is 4.92. The van der Waals surface area contributed by atoms with Crippen molar-refractivity contribution < 1.29 is 14.3 Å². The summed E-state index contributed by atoms with van der Waals surface area (Å²) in [7, 11) is 0. The van der Waals surface area contributed by atoms with E-state index in [1.807, 2.05) is 20.8 Å². The van der Waals surface area contributed by atoms with Crippen LogP contribution in [0.2, 0.25) is 0 Å². The molecule has 1 N–H and O–H groups in total. The van der Waals surface area contributed by atoms with Gasteiger partial charge >= 0.3 is 0 Å². The minimum Gasteiger partial charge on any atom is -0.378 e. The van der Waals surface area contributed by atoms with E-state index in [-0.39, 0.29) is 29.5 Å². The topological polar surface area (TPSA) is 80.6 Å². The van der Waals surface area contributed by atoms with Gasteiger partial charge in [0.25, 0.3) is 11.5 Å². The summed E-state index contributed by atoms with van der Waals surface area (Å²) in [5, 5.41) is 2.83. The van der Waals surface area contributed by atoms with Crippen molar-refractivity contribution in [3.8, 4) is 0 Å². The monoisotopic (exact) mass is 321 g/mol. The Kier molecular flexibility index (Phi) is 5.20. The molecule has 2 amide bonds. The van der Waals surface area contributed by atoms with Crippen LogP contribution in [0.15, 0.2) is 23.1 Å². The molecule has 1 aromatic heterocycles. The molecule has 0 radical (unpaired) electrons. The zero-order chi connectivity index (χ0) is 17.0. The Morgan fingerprint density at radius 1 is 1.22 bits per heavy atom. The Morgan fingerprint density at radius 2 is 1.87 bits per heavy atom. The molecule has 1 aromatic rings. The summed E-state index contributed by atoms with van der Waals surface area (Å²) >= 11 is 0. The highest BCUT2D eigenvalue weighted by Crippen LogP contribution is 2.04. The smallest absolute Gasteiger partial charge is 0.253 e. The van der Waals surface area contributed by atoms with Gasteiger partial charge < -0.3 is 19.5 Å². The maximum Gasteiger partial charge on any atom is 0.253 e. The molecule has 2 rings (SSSR count). The highest BCUT2D eigenvalue weighted by atomic mass is 16.5. The minimum atomic E-state index is -0.373. The molecule has 0 bridgehead atoms. The van der Waals surface area contributed by atoms with Crippen molar-refractivity contribution >= 4 is 11.8 Å². The van der Waals surface area contributed by atoms with E-state index in [4.69, 9.17) is 4.74 Å². The molecule has 0 spiro atoms. The largest absolute Gasteiger partial charge is 0.378 e. The molecule has 23 heavy (non-hydrogen) atoms. The van der Waals surface area contributed by atoms with E-state index >= 15 is 0 Å². The maximum atomic E-state index is 12.2. The highest BCUT2D eigenvalue weighted by Gasteiger charge is 2.19. The van der Waals surface area contributed by atoms with Crippen molar-refractivity contribution in [1.29, 1.82) is 0 Å². The number of carbonyl (C=O) groups excluding carboxylic acids is 2. The number of ether oxygens (including phenoxy) is 1. The molecule has 0 saturated carbocycles. The van der Waals surface area contributed by atoms with E-state index in [1.54, 1.807) is 4.90 Å². The lowest BCUT2D eigenvalue weighted by atomic mass is 10.1. The number of nitrogens with one attached hydrogen (secondary N) is 1. The average molecular weight is 321 g/mol. The summed E-state index contributed by atoms with van der Waals surface area (Å²) < 4.78 is 6.48. The molecule has 0 unspecified atom stereocenters. The van der Waals surface area contributed by atoms with Gasteiger partial charge in [-0.15, -0.1) is 0 Å². The predicted octanol–water partition coefficient (Wildman–Crippen LogP) is 0.235. The van der Waals surface area contributed by atoms with E-state index in [0.29, 0.717) is 31.9 Å². The summed E-state index contributed by atoms with van der Waals surface area (Å²) in [6, 6.07) is 2.78. The van der Waals surface area contributed by atoms with Gasteiger partial charge in [-0.25, -0.2) is 0 Å². The van der Waals surface area contributed by atoms with Crippen LogP contribution in [-0.2, 0) is 16.1 Å². The molecule has 0 aliphatic carbocycles. The molecular weight excluding hydrogens is 298 g/mol.